The molecule has 0 aromatic carbocycles. The molecule has 0 aromatic heterocycles. The molecule has 0 heterocycles. The van der Waals surface area contributed by atoms with Crippen LogP contribution in [-0.4, -0.2) is 29.1 Å². The van der Waals surface area contributed by atoms with Crippen LogP contribution in [0, 0.1) is 5.92 Å². The number of carbonyl (C=O) groups is 2. The zero-order valence-electron chi connectivity index (χ0n) is 9.49. The monoisotopic (exact) mass is 216 g/mol. The van der Waals surface area contributed by atoms with Crippen molar-refractivity contribution in [2.75, 3.05) is 0 Å². The summed E-state index contributed by atoms with van der Waals surface area (Å²) in [6.07, 6.45) is 0.914. The van der Waals surface area contributed by atoms with Crippen molar-refractivity contribution in [3.8, 4) is 0 Å². The first-order chi connectivity index (χ1) is 6.88. The van der Waals surface area contributed by atoms with Gasteiger partial charge < -0.3 is 16.2 Å². The van der Waals surface area contributed by atoms with Crippen molar-refractivity contribution < 1.29 is 14.7 Å². The normalized spacial score (nSPS) is 14.7. The summed E-state index contributed by atoms with van der Waals surface area (Å²) in [5.41, 5.74) is 5.49. The number of aliphatic carboxylic acids is 1. The lowest BCUT2D eigenvalue weighted by atomic mass is 10.0. The number of nitrogens with two attached hydrogens (primary N) is 1. The lowest BCUT2D eigenvalue weighted by molar-refractivity contribution is -0.142. The average molecular weight is 216 g/mol. The molecule has 88 valence electrons. The average Bonchev–Trinajstić information content (AvgIpc) is 2.14. The van der Waals surface area contributed by atoms with E-state index in [9.17, 15) is 9.59 Å². The second-order valence-corrected chi connectivity index (χ2v) is 4.04. The van der Waals surface area contributed by atoms with Crippen molar-refractivity contribution in [3.05, 3.63) is 0 Å². The quantitative estimate of drug-likeness (QED) is 0.597. The molecular formula is C10H20N2O3. The number of carbonyl (C=O) groups excluding carboxylic acids is 1. The highest BCUT2D eigenvalue weighted by Crippen LogP contribution is 2.05. The molecule has 0 saturated heterocycles. The van der Waals surface area contributed by atoms with Crippen molar-refractivity contribution in [2.45, 2.75) is 45.7 Å². The lowest BCUT2D eigenvalue weighted by Gasteiger charge is -2.18. The van der Waals surface area contributed by atoms with Gasteiger partial charge in [-0.15, -0.1) is 0 Å². The third kappa shape index (κ3) is 5.37. The second kappa shape index (κ2) is 6.40. The summed E-state index contributed by atoms with van der Waals surface area (Å²) in [5, 5.41) is 11.3. The minimum Gasteiger partial charge on any atom is -0.480 e. The molecule has 0 aromatic rings. The van der Waals surface area contributed by atoms with Crippen LogP contribution in [-0.2, 0) is 9.59 Å². The number of carboxylic acid groups (broad SMARTS) is 1. The first-order valence-corrected chi connectivity index (χ1v) is 5.17. The molecule has 0 aliphatic rings. The molecule has 1 unspecified atom stereocenters. The molecule has 0 radical (unpaired) electrons. The minimum atomic E-state index is -1.01. The maximum atomic E-state index is 11.4. The maximum absolute atomic E-state index is 11.4. The van der Waals surface area contributed by atoms with Crippen LogP contribution in [0.25, 0.3) is 0 Å². The molecule has 5 heteroatoms. The second-order valence-electron chi connectivity index (χ2n) is 4.04. The smallest absolute Gasteiger partial charge is 0.326 e. The Kier molecular flexibility index (Phi) is 5.93. The summed E-state index contributed by atoms with van der Waals surface area (Å²) < 4.78 is 0. The molecule has 5 nitrogen and oxygen atoms in total. The van der Waals surface area contributed by atoms with Crippen LogP contribution in [0.1, 0.15) is 33.6 Å². The maximum Gasteiger partial charge on any atom is 0.326 e. The summed E-state index contributed by atoms with van der Waals surface area (Å²) >= 11 is 0. The van der Waals surface area contributed by atoms with Gasteiger partial charge >= 0.3 is 5.97 Å². The molecule has 2 atom stereocenters. The van der Waals surface area contributed by atoms with Crippen molar-refractivity contribution in [3.63, 3.8) is 0 Å². The van der Waals surface area contributed by atoms with Gasteiger partial charge in [0.15, 0.2) is 0 Å². The fourth-order valence-electron chi connectivity index (χ4n) is 1.16. The summed E-state index contributed by atoms with van der Waals surface area (Å²) in [6.45, 7) is 5.59. The SMILES string of the molecule is CC[C@@H](N)C(=O)NC(CC(C)C)C(=O)O. The Morgan fingerprint density at radius 1 is 1.40 bits per heavy atom. The number of hydrogen-bond donors (Lipinski definition) is 3. The highest BCUT2D eigenvalue weighted by molar-refractivity contribution is 5.86. The van der Waals surface area contributed by atoms with Crippen molar-refractivity contribution >= 4 is 11.9 Å². The predicted molar refractivity (Wildman–Crippen MR) is 57.3 cm³/mol. The van der Waals surface area contributed by atoms with Crippen LogP contribution < -0.4 is 11.1 Å². The summed E-state index contributed by atoms with van der Waals surface area (Å²) in [6, 6.07) is -1.46. The van der Waals surface area contributed by atoms with Crippen LogP contribution in [0.5, 0.6) is 0 Å². The molecule has 0 aliphatic heterocycles. The summed E-state index contributed by atoms with van der Waals surface area (Å²) in [4.78, 5) is 22.2. The molecule has 0 fully saturated rings. The van der Waals surface area contributed by atoms with Gasteiger partial charge in [0.25, 0.3) is 0 Å². The Bertz CT molecular complexity index is 229. The molecule has 0 rings (SSSR count). The third-order valence-electron chi connectivity index (χ3n) is 2.10. The van der Waals surface area contributed by atoms with E-state index in [0.717, 1.165) is 0 Å². The van der Waals surface area contributed by atoms with Crippen LogP contribution in [0.15, 0.2) is 0 Å². The van der Waals surface area contributed by atoms with Gasteiger partial charge in [-0.05, 0) is 18.8 Å². The Labute approximate surface area is 90.0 Å². The van der Waals surface area contributed by atoms with Crippen LogP contribution >= 0.6 is 0 Å². The molecule has 4 N–H and O–H groups in total. The first kappa shape index (κ1) is 13.9. The Morgan fingerprint density at radius 3 is 2.27 bits per heavy atom. The van der Waals surface area contributed by atoms with E-state index in [1.807, 2.05) is 13.8 Å². The van der Waals surface area contributed by atoms with E-state index >= 15 is 0 Å². The van der Waals surface area contributed by atoms with Gasteiger partial charge in [0.2, 0.25) is 5.91 Å². The van der Waals surface area contributed by atoms with Crippen LogP contribution in [0.4, 0.5) is 0 Å². The highest BCUT2D eigenvalue weighted by Gasteiger charge is 2.23. The van der Waals surface area contributed by atoms with E-state index in [1.165, 1.54) is 0 Å². The molecule has 0 aliphatic carbocycles. The largest absolute Gasteiger partial charge is 0.480 e. The van der Waals surface area contributed by atoms with Gasteiger partial charge in [-0.1, -0.05) is 20.8 Å². The van der Waals surface area contributed by atoms with Gasteiger partial charge in [-0.2, -0.15) is 0 Å². The van der Waals surface area contributed by atoms with Gasteiger partial charge in [-0.25, -0.2) is 4.79 Å². The highest BCUT2D eigenvalue weighted by atomic mass is 16.4. The lowest BCUT2D eigenvalue weighted by Crippen LogP contribution is -2.48. The van der Waals surface area contributed by atoms with Gasteiger partial charge in [0, 0.05) is 0 Å². The number of rotatable bonds is 6. The molecule has 15 heavy (non-hydrogen) atoms. The van der Waals surface area contributed by atoms with Crippen LogP contribution in [0.3, 0.4) is 0 Å². The molecule has 0 bridgehead atoms. The summed E-state index contributed by atoms with van der Waals surface area (Å²) in [7, 11) is 0. The topological polar surface area (TPSA) is 92.4 Å². The zero-order chi connectivity index (χ0) is 12.0. The predicted octanol–water partition coefficient (Wildman–Crippen LogP) is 0.339. The molecule has 0 saturated carbocycles. The Hall–Kier alpha value is -1.10. The van der Waals surface area contributed by atoms with Gasteiger partial charge in [0.1, 0.15) is 6.04 Å². The fraction of sp³-hybridized carbons (Fsp3) is 0.800. The van der Waals surface area contributed by atoms with Crippen molar-refractivity contribution in [1.29, 1.82) is 0 Å². The third-order valence-corrected chi connectivity index (χ3v) is 2.10. The number of nitrogens with one attached hydrogen (secondary N) is 1. The number of carboxylic acids is 1. The van der Waals surface area contributed by atoms with Crippen molar-refractivity contribution in [2.24, 2.45) is 11.7 Å². The van der Waals surface area contributed by atoms with Gasteiger partial charge in [0.05, 0.1) is 6.04 Å². The van der Waals surface area contributed by atoms with Gasteiger partial charge in [-0.3, -0.25) is 4.79 Å². The summed E-state index contributed by atoms with van der Waals surface area (Å²) in [5.74, 6) is -1.20. The van der Waals surface area contributed by atoms with E-state index in [0.29, 0.717) is 12.8 Å². The molecular weight excluding hydrogens is 196 g/mol. The molecule has 0 spiro atoms. The fourth-order valence-corrected chi connectivity index (χ4v) is 1.16. The Balaban J connectivity index is 4.29. The Morgan fingerprint density at radius 2 is 1.93 bits per heavy atom. The van der Waals surface area contributed by atoms with E-state index in [-0.39, 0.29) is 5.92 Å². The first-order valence-electron chi connectivity index (χ1n) is 5.17. The van der Waals surface area contributed by atoms with Crippen molar-refractivity contribution in [1.82, 2.24) is 5.32 Å². The van der Waals surface area contributed by atoms with E-state index in [4.69, 9.17) is 10.8 Å². The van der Waals surface area contributed by atoms with E-state index in [1.54, 1.807) is 6.92 Å². The minimum absolute atomic E-state index is 0.212. The zero-order valence-corrected chi connectivity index (χ0v) is 9.49. The van der Waals surface area contributed by atoms with Crippen LogP contribution in [0.2, 0.25) is 0 Å². The number of hydrogen-bond acceptors (Lipinski definition) is 3. The standard InChI is InChI=1S/C10H20N2O3/c1-4-7(11)9(13)12-8(10(14)15)5-6(2)3/h6-8H,4-5,11H2,1-3H3,(H,12,13)(H,14,15)/t7-,8?/m1/s1. The van der Waals surface area contributed by atoms with E-state index in [2.05, 4.69) is 5.32 Å². The van der Waals surface area contributed by atoms with E-state index < -0.39 is 24.0 Å². The number of amides is 1. The molecule has 1 amide bonds.